The number of hydrogen-bond donors (Lipinski definition) is 4. The lowest BCUT2D eigenvalue weighted by Crippen LogP contribution is -2.19. The zero-order valence-electron chi connectivity index (χ0n) is 9.71. The maximum atomic E-state index is 10.3. The van der Waals surface area contributed by atoms with Crippen molar-refractivity contribution in [3.63, 3.8) is 0 Å². The Balaban J connectivity index is 3.30. The fourth-order valence-corrected chi connectivity index (χ4v) is 1.45. The van der Waals surface area contributed by atoms with Gasteiger partial charge in [0.05, 0.1) is 0 Å². The van der Waals surface area contributed by atoms with Crippen LogP contribution < -0.4 is 0 Å². The zero-order valence-corrected chi connectivity index (χ0v) is 9.71. The van der Waals surface area contributed by atoms with Gasteiger partial charge in [0.1, 0.15) is 0 Å². The number of aliphatic hydroxyl groups excluding tert-OH is 2. The van der Waals surface area contributed by atoms with Crippen molar-refractivity contribution in [2.45, 2.75) is 57.2 Å². The van der Waals surface area contributed by atoms with Gasteiger partial charge >= 0.3 is 11.9 Å². The van der Waals surface area contributed by atoms with Gasteiger partial charge in [0.25, 0.3) is 0 Å². The Morgan fingerprint density at radius 3 is 1.29 bits per heavy atom. The molecule has 0 aliphatic heterocycles. The molecule has 0 aliphatic carbocycles. The molecule has 0 aromatic rings. The number of rotatable bonds is 10. The van der Waals surface area contributed by atoms with E-state index in [0.717, 1.165) is 19.3 Å². The minimum absolute atomic E-state index is 0.243. The maximum absolute atomic E-state index is 10.3. The standard InChI is InChI=1S/C11H20O6/c12-8(10(14)15)6-4-2-1-3-5-7-9(13)11(16)17/h8-9,12-13H,1-7H2,(H,14,15)(H,16,17). The molecule has 0 radical (unpaired) electrons. The van der Waals surface area contributed by atoms with E-state index in [0.29, 0.717) is 12.8 Å². The van der Waals surface area contributed by atoms with Gasteiger partial charge < -0.3 is 20.4 Å². The van der Waals surface area contributed by atoms with Crippen LogP contribution >= 0.6 is 0 Å². The van der Waals surface area contributed by atoms with Crippen LogP contribution in [0.5, 0.6) is 0 Å². The molecule has 0 spiro atoms. The number of hydrogen-bond acceptors (Lipinski definition) is 4. The minimum Gasteiger partial charge on any atom is -0.479 e. The van der Waals surface area contributed by atoms with Crippen LogP contribution in [0.25, 0.3) is 0 Å². The summed E-state index contributed by atoms with van der Waals surface area (Å²) in [5, 5.41) is 34.7. The first-order valence-corrected chi connectivity index (χ1v) is 5.77. The number of carbonyl (C=O) groups is 2. The maximum Gasteiger partial charge on any atom is 0.332 e. The molecule has 17 heavy (non-hydrogen) atoms. The van der Waals surface area contributed by atoms with Gasteiger partial charge in [0, 0.05) is 0 Å². The van der Waals surface area contributed by atoms with Gasteiger partial charge in [-0.3, -0.25) is 0 Å². The highest BCUT2D eigenvalue weighted by Gasteiger charge is 2.12. The first-order valence-electron chi connectivity index (χ1n) is 5.77. The first-order chi connectivity index (χ1) is 7.95. The van der Waals surface area contributed by atoms with Gasteiger partial charge in [-0.25, -0.2) is 9.59 Å². The molecule has 4 N–H and O–H groups in total. The third-order valence-electron chi connectivity index (χ3n) is 2.53. The van der Waals surface area contributed by atoms with Crippen molar-refractivity contribution in [3.05, 3.63) is 0 Å². The van der Waals surface area contributed by atoms with Crippen molar-refractivity contribution >= 4 is 11.9 Å². The topological polar surface area (TPSA) is 115 Å². The van der Waals surface area contributed by atoms with Crippen LogP contribution in [0.4, 0.5) is 0 Å². The Morgan fingerprint density at radius 2 is 1.00 bits per heavy atom. The molecule has 0 rings (SSSR count). The molecule has 0 saturated carbocycles. The molecule has 0 fully saturated rings. The van der Waals surface area contributed by atoms with Crippen LogP contribution in [0.15, 0.2) is 0 Å². The Labute approximate surface area is 99.9 Å². The van der Waals surface area contributed by atoms with E-state index in [4.69, 9.17) is 20.4 Å². The summed E-state index contributed by atoms with van der Waals surface area (Å²) in [7, 11) is 0. The summed E-state index contributed by atoms with van der Waals surface area (Å²) in [5.41, 5.74) is 0. The molecule has 0 aromatic heterocycles. The largest absolute Gasteiger partial charge is 0.479 e. The number of carboxylic acid groups (broad SMARTS) is 2. The van der Waals surface area contributed by atoms with E-state index in [9.17, 15) is 9.59 Å². The molecule has 6 nitrogen and oxygen atoms in total. The molecule has 0 heterocycles. The van der Waals surface area contributed by atoms with Gasteiger partial charge in [-0.05, 0) is 12.8 Å². The highest BCUT2D eigenvalue weighted by molar-refractivity contribution is 5.72. The van der Waals surface area contributed by atoms with Crippen molar-refractivity contribution in [1.29, 1.82) is 0 Å². The highest BCUT2D eigenvalue weighted by atomic mass is 16.4. The van der Waals surface area contributed by atoms with Gasteiger partial charge in [-0.1, -0.05) is 32.1 Å². The highest BCUT2D eigenvalue weighted by Crippen LogP contribution is 2.10. The number of aliphatic hydroxyl groups is 2. The molecular formula is C11H20O6. The van der Waals surface area contributed by atoms with Crippen LogP contribution in [-0.4, -0.2) is 44.6 Å². The van der Waals surface area contributed by atoms with E-state index in [-0.39, 0.29) is 12.8 Å². The van der Waals surface area contributed by atoms with E-state index in [1.165, 1.54) is 0 Å². The number of carboxylic acids is 2. The van der Waals surface area contributed by atoms with E-state index < -0.39 is 24.1 Å². The van der Waals surface area contributed by atoms with Crippen molar-refractivity contribution in [3.8, 4) is 0 Å². The van der Waals surface area contributed by atoms with Gasteiger partial charge in [0.2, 0.25) is 0 Å². The van der Waals surface area contributed by atoms with E-state index in [1.807, 2.05) is 0 Å². The molecule has 0 amide bonds. The third-order valence-corrected chi connectivity index (χ3v) is 2.53. The van der Waals surface area contributed by atoms with E-state index >= 15 is 0 Å². The monoisotopic (exact) mass is 248 g/mol. The van der Waals surface area contributed by atoms with Crippen molar-refractivity contribution < 1.29 is 30.0 Å². The Kier molecular flexibility index (Phi) is 8.35. The summed E-state index contributed by atoms with van der Waals surface area (Å²) >= 11 is 0. The number of aliphatic carboxylic acids is 2. The molecule has 2 atom stereocenters. The molecule has 0 aromatic carbocycles. The van der Waals surface area contributed by atoms with Crippen LogP contribution in [0.2, 0.25) is 0 Å². The minimum atomic E-state index is -1.29. The normalized spacial score (nSPS) is 14.2. The molecule has 6 heteroatoms. The lowest BCUT2D eigenvalue weighted by atomic mass is 10.1. The van der Waals surface area contributed by atoms with Crippen LogP contribution in [-0.2, 0) is 9.59 Å². The summed E-state index contributed by atoms with van der Waals surface area (Å²) < 4.78 is 0. The van der Waals surface area contributed by atoms with Crippen molar-refractivity contribution in [1.82, 2.24) is 0 Å². The second-order valence-electron chi connectivity index (χ2n) is 4.05. The third kappa shape index (κ3) is 8.65. The molecule has 0 aliphatic rings. The van der Waals surface area contributed by atoms with Crippen molar-refractivity contribution in [2.75, 3.05) is 0 Å². The first kappa shape index (κ1) is 15.9. The summed E-state index contributed by atoms with van der Waals surface area (Å²) in [5.74, 6) is -2.40. The predicted octanol–water partition coefficient (Wildman–Crippen LogP) is 0.608. The lowest BCUT2D eigenvalue weighted by molar-refractivity contribution is -0.147. The summed E-state index contributed by atoms with van der Waals surface area (Å²) in [6, 6.07) is 0. The van der Waals surface area contributed by atoms with Gasteiger partial charge in [-0.2, -0.15) is 0 Å². The Morgan fingerprint density at radius 1 is 0.706 bits per heavy atom. The smallest absolute Gasteiger partial charge is 0.332 e. The van der Waals surface area contributed by atoms with Crippen LogP contribution in [0, 0.1) is 0 Å². The summed E-state index contributed by atoms with van der Waals surface area (Å²) in [6.07, 6.45) is 1.62. The molecular weight excluding hydrogens is 228 g/mol. The average Bonchev–Trinajstić information content (AvgIpc) is 2.26. The second kappa shape index (κ2) is 8.95. The SMILES string of the molecule is O=C(O)C(O)CCCCCCCC(O)C(=O)O. The summed E-state index contributed by atoms with van der Waals surface area (Å²) in [4.78, 5) is 20.5. The predicted molar refractivity (Wildman–Crippen MR) is 59.6 cm³/mol. The van der Waals surface area contributed by atoms with Crippen LogP contribution in [0.1, 0.15) is 44.9 Å². The van der Waals surface area contributed by atoms with Gasteiger partial charge in [-0.15, -0.1) is 0 Å². The van der Waals surface area contributed by atoms with E-state index in [2.05, 4.69) is 0 Å². The van der Waals surface area contributed by atoms with E-state index in [1.54, 1.807) is 0 Å². The number of unbranched alkanes of at least 4 members (excludes halogenated alkanes) is 4. The Hall–Kier alpha value is -1.14. The van der Waals surface area contributed by atoms with Crippen LogP contribution in [0.3, 0.4) is 0 Å². The Bertz CT molecular complexity index is 216. The van der Waals surface area contributed by atoms with Gasteiger partial charge in [0.15, 0.2) is 12.2 Å². The zero-order chi connectivity index (χ0) is 13.3. The fraction of sp³-hybridized carbons (Fsp3) is 0.818. The average molecular weight is 248 g/mol. The summed E-state index contributed by atoms with van der Waals surface area (Å²) in [6.45, 7) is 0. The molecule has 100 valence electrons. The quantitative estimate of drug-likeness (QED) is 0.421. The molecule has 0 saturated heterocycles. The molecule has 2 unspecified atom stereocenters. The molecule has 0 bridgehead atoms. The second-order valence-corrected chi connectivity index (χ2v) is 4.05. The van der Waals surface area contributed by atoms with Crippen molar-refractivity contribution in [2.24, 2.45) is 0 Å². The fourth-order valence-electron chi connectivity index (χ4n) is 1.45. The lowest BCUT2D eigenvalue weighted by Gasteiger charge is -2.06.